The topological polar surface area (TPSA) is 52.7 Å². The highest BCUT2D eigenvalue weighted by molar-refractivity contribution is 6.14. The molecule has 1 aromatic heterocycles. The van der Waals surface area contributed by atoms with Gasteiger partial charge in [-0.05, 0) is 24.3 Å². The Morgan fingerprint density at radius 3 is 2.48 bits per heavy atom. The average Bonchev–Trinajstić information content (AvgIpc) is 2.94. The van der Waals surface area contributed by atoms with Gasteiger partial charge in [0.2, 0.25) is 0 Å². The highest BCUT2D eigenvalue weighted by atomic mass is 16.6. The summed E-state index contributed by atoms with van der Waals surface area (Å²) >= 11 is 0. The van der Waals surface area contributed by atoms with Gasteiger partial charge in [-0.25, -0.2) is 0 Å². The lowest BCUT2D eigenvalue weighted by atomic mass is 10.1. The second-order valence-electron chi connectivity index (χ2n) is 4.86. The van der Waals surface area contributed by atoms with E-state index in [9.17, 15) is 0 Å². The van der Waals surface area contributed by atoms with E-state index < -0.39 is 0 Å². The van der Waals surface area contributed by atoms with Crippen molar-refractivity contribution in [3.8, 4) is 23.0 Å². The van der Waals surface area contributed by atoms with Gasteiger partial charge in [-0.3, -0.25) is 0 Å². The van der Waals surface area contributed by atoms with E-state index in [0.29, 0.717) is 13.2 Å². The van der Waals surface area contributed by atoms with Gasteiger partial charge in [-0.1, -0.05) is 0 Å². The molecule has 5 nitrogen and oxygen atoms in total. The second-order valence-corrected chi connectivity index (χ2v) is 4.86. The lowest BCUT2D eigenvalue weighted by Crippen LogP contribution is -2.15. The molecule has 0 unspecified atom stereocenters. The van der Waals surface area contributed by atoms with E-state index in [1.165, 1.54) is 0 Å². The van der Waals surface area contributed by atoms with E-state index in [4.69, 9.17) is 18.9 Å². The largest absolute Gasteiger partial charge is 0.496 e. The third kappa shape index (κ3) is 1.63. The number of benzene rings is 2. The first-order chi connectivity index (χ1) is 10.3. The van der Waals surface area contributed by atoms with Crippen molar-refractivity contribution in [2.45, 2.75) is 0 Å². The van der Waals surface area contributed by atoms with Crippen molar-refractivity contribution in [1.29, 1.82) is 0 Å². The van der Waals surface area contributed by atoms with Gasteiger partial charge >= 0.3 is 0 Å². The minimum Gasteiger partial charge on any atom is -0.496 e. The second kappa shape index (κ2) is 4.48. The Morgan fingerprint density at radius 2 is 1.67 bits per heavy atom. The molecule has 0 atom stereocenters. The molecule has 5 heteroatoms. The lowest BCUT2D eigenvalue weighted by Gasteiger charge is -2.18. The molecular weight excluding hydrogens is 270 g/mol. The molecule has 0 aliphatic carbocycles. The number of rotatable bonds is 2. The van der Waals surface area contributed by atoms with Crippen LogP contribution in [0.2, 0.25) is 0 Å². The van der Waals surface area contributed by atoms with Crippen LogP contribution < -0.4 is 18.9 Å². The number of aromatic amines is 1. The smallest absolute Gasteiger partial charge is 0.185 e. The Bertz CT molecular complexity index is 837. The number of H-pyrrole nitrogens is 1. The average molecular weight is 285 g/mol. The lowest BCUT2D eigenvalue weighted by molar-refractivity contribution is 0.173. The molecule has 4 rings (SSSR count). The third-order valence-corrected chi connectivity index (χ3v) is 3.80. The first-order valence-electron chi connectivity index (χ1n) is 6.78. The Morgan fingerprint density at radius 1 is 0.905 bits per heavy atom. The minimum atomic E-state index is 0.551. The van der Waals surface area contributed by atoms with Crippen molar-refractivity contribution in [3.05, 3.63) is 24.3 Å². The van der Waals surface area contributed by atoms with Crippen molar-refractivity contribution < 1.29 is 18.9 Å². The van der Waals surface area contributed by atoms with E-state index in [-0.39, 0.29) is 0 Å². The van der Waals surface area contributed by atoms with Crippen molar-refractivity contribution in [1.82, 2.24) is 4.98 Å². The van der Waals surface area contributed by atoms with Gasteiger partial charge in [0.25, 0.3) is 0 Å². The molecule has 2 aromatic carbocycles. The summed E-state index contributed by atoms with van der Waals surface area (Å²) in [5.74, 6) is 3.08. The van der Waals surface area contributed by atoms with Gasteiger partial charge in [-0.2, -0.15) is 0 Å². The Balaban J connectivity index is 2.15. The molecule has 1 aliphatic rings. The number of nitrogens with one attached hydrogen (secondary N) is 1. The zero-order chi connectivity index (χ0) is 14.4. The van der Waals surface area contributed by atoms with Crippen LogP contribution in [-0.2, 0) is 0 Å². The Labute approximate surface area is 121 Å². The summed E-state index contributed by atoms with van der Waals surface area (Å²) in [5.41, 5.74) is 1.81. The van der Waals surface area contributed by atoms with Crippen LogP contribution in [0.15, 0.2) is 24.3 Å². The van der Waals surface area contributed by atoms with Gasteiger partial charge < -0.3 is 23.9 Å². The minimum absolute atomic E-state index is 0.551. The summed E-state index contributed by atoms with van der Waals surface area (Å²) in [7, 11) is 3.32. The van der Waals surface area contributed by atoms with Crippen LogP contribution >= 0.6 is 0 Å². The van der Waals surface area contributed by atoms with E-state index >= 15 is 0 Å². The monoisotopic (exact) mass is 285 g/mol. The third-order valence-electron chi connectivity index (χ3n) is 3.80. The highest BCUT2D eigenvalue weighted by Crippen LogP contribution is 2.44. The normalized spacial score (nSPS) is 13.6. The van der Waals surface area contributed by atoms with Crippen LogP contribution in [0.1, 0.15) is 0 Å². The maximum atomic E-state index is 5.78. The first kappa shape index (κ1) is 12.2. The predicted octanol–water partition coefficient (Wildman–Crippen LogP) is 3.11. The van der Waals surface area contributed by atoms with Gasteiger partial charge in [0.05, 0.1) is 30.6 Å². The molecule has 108 valence electrons. The quantitative estimate of drug-likeness (QED) is 0.786. The molecule has 0 spiro atoms. The summed E-state index contributed by atoms with van der Waals surface area (Å²) in [5, 5.41) is 2.02. The predicted molar refractivity (Wildman–Crippen MR) is 79.9 cm³/mol. The molecule has 0 radical (unpaired) electrons. The van der Waals surface area contributed by atoms with Crippen molar-refractivity contribution in [2.24, 2.45) is 0 Å². The van der Waals surface area contributed by atoms with Gasteiger partial charge in [0.1, 0.15) is 24.7 Å². The molecule has 0 bridgehead atoms. The summed E-state index contributed by atoms with van der Waals surface area (Å²) in [6.07, 6.45) is 0. The molecular formula is C16H15NO4. The number of hydrogen-bond donors (Lipinski definition) is 1. The molecule has 0 fully saturated rings. The molecule has 3 aromatic rings. The van der Waals surface area contributed by atoms with Gasteiger partial charge in [-0.15, -0.1) is 0 Å². The zero-order valence-electron chi connectivity index (χ0n) is 11.9. The van der Waals surface area contributed by atoms with Crippen molar-refractivity contribution >= 4 is 21.8 Å². The maximum absolute atomic E-state index is 5.78. The van der Waals surface area contributed by atoms with Crippen LogP contribution in [0.5, 0.6) is 23.0 Å². The molecule has 2 heterocycles. The van der Waals surface area contributed by atoms with E-state index in [1.807, 2.05) is 24.3 Å². The fourth-order valence-electron chi connectivity index (χ4n) is 2.87. The summed E-state index contributed by atoms with van der Waals surface area (Å²) in [6.45, 7) is 1.13. The summed E-state index contributed by atoms with van der Waals surface area (Å²) in [4.78, 5) is 3.39. The van der Waals surface area contributed by atoms with Crippen LogP contribution in [0.4, 0.5) is 0 Å². The van der Waals surface area contributed by atoms with Crippen LogP contribution in [0, 0.1) is 0 Å². The van der Waals surface area contributed by atoms with Crippen LogP contribution in [0.3, 0.4) is 0 Å². The molecule has 0 saturated carbocycles. The van der Waals surface area contributed by atoms with Crippen molar-refractivity contribution in [3.63, 3.8) is 0 Å². The van der Waals surface area contributed by atoms with Crippen LogP contribution in [-0.4, -0.2) is 32.4 Å². The van der Waals surface area contributed by atoms with E-state index in [0.717, 1.165) is 44.8 Å². The van der Waals surface area contributed by atoms with Crippen LogP contribution in [0.25, 0.3) is 21.8 Å². The number of methoxy groups -OCH3 is 2. The van der Waals surface area contributed by atoms with E-state index in [1.54, 1.807) is 14.2 Å². The number of aromatic nitrogens is 1. The van der Waals surface area contributed by atoms with E-state index in [2.05, 4.69) is 4.98 Å². The van der Waals surface area contributed by atoms with Crippen molar-refractivity contribution in [2.75, 3.05) is 27.4 Å². The summed E-state index contributed by atoms with van der Waals surface area (Å²) in [6, 6.07) is 7.75. The fraction of sp³-hybridized carbons (Fsp3) is 0.250. The molecule has 21 heavy (non-hydrogen) atoms. The maximum Gasteiger partial charge on any atom is 0.185 e. The number of hydrogen-bond acceptors (Lipinski definition) is 4. The number of fused-ring (bicyclic) bond motifs is 5. The highest BCUT2D eigenvalue weighted by Gasteiger charge is 2.21. The fourth-order valence-corrected chi connectivity index (χ4v) is 2.87. The Kier molecular flexibility index (Phi) is 2.60. The SMILES string of the molecule is COc1ccc(OC)c2c1[nH]c1c3c(ccc12)OCCO3. The molecule has 1 aliphatic heterocycles. The Hall–Kier alpha value is -2.56. The molecule has 0 saturated heterocycles. The summed E-state index contributed by atoms with van der Waals surface area (Å²) < 4.78 is 22.3. The molecule has 1 N–H and O–H groups in total. The standard InChI is InChI=1S/C16H15NO4/c1-18-10-5-6-11(19-2)15-13(10)9-3-4-12-16(14(9)17-15)21-8-7-20-12/h3-6,17H,7-8H2,1-2H3. The zero-order valence-corrected chi connectivity index (χ0v) is 11.9. The number of ether oxygens (including phenoxy) is 4. The van der Waals surface area contributed by atoms with Gasteiger partial charge in [0.15, 0.2) is 11.5 Å². The molecule has 0 amide bonds. The van der Waals surface area contributed by atoms with Gasteiger partial charge in [0, 0.05) is 5.39 Å². The first-order valence-corrected chi connectivity index (χ1v) is 6.78.